The molecule has 0 aliphatic carbocycles. The van der Waals surface area contributed by atoms with Crippen LogP contribution in [0, 0.1) is 0 Å². The van der Waals surface area contributed by atoms with Crippen molar-refractivity contribution in [1.29, 1.82) is 0 Å². The highest BCUT2D eigenvalue weighted by molar-refractivity contribution is 8.15. The van der Waals surface area contributed by atoms with Gasteiger partial charge in [0, 0.05) is 5.56 Å². The van der Waals surface area contributed by atoms with Gasteiger partial charge in [-0.05, 0) is 6.07 Å². The zero-order chi connectivity index (χ0) is 11.1. The number of phenols is 1. The van der Waals surface area contributed by atoms with Gasteiger partial charge in [-0.15, -0.1) is 0 Å². The molecule has 0 spiro atoms. The van der Waals surface area contributed by atoms with Crippen molar-refractivity contribution in [2.24, 2.45) is 5.10 Å². The Labute approximate surface area is 95.9 Å². The van der Waals surface area contributed by atoms with Crippen LogP contribution in [-0.2, 0) is 0 Å². The Morgan fingerprint density at radius 3 is 3.00 bits per heavy atom. The molecule has 3 N–H and O–H groups in total. The third-order valence-corrected chi connectivity index (χ3v) is 3.70. The van der Waals surface area contributed by atoms with E-state index in [0.29, 0.717) is 5.84 Å². The van der Waals surface area contributed by atoms with E-state index in [1.54, 1.807) is 12.1 Å². The first-order valence-electron chi connectivity index (χ1n) is 4.84. The number of thioether (sulfide) groups is 1. The Balaban J connectivity index is 1.94. The van der Waals surface area contributed by atoms with Crippen molar-refractivity contribution in [3.63, 3.8) is 0 Å². The molecule has 0 bridgehead atoms. The van der Waals surface area contributed by atoms with Crippen LogP contribution in [0.4, 0.5) is 4.79 Å². The van der Waals surface area contributed by atoms with Crippen molar-refractivity contribution >= 4 is 22.8 Å². The largest absolute Gasteiger partial charge is 0.508 e. The van der Waals surface area contributed by atoms with E-state index in [-0.39, 0.29) is 22.3 Å². The number of aromatic hydroxyl groups is 1. The fourth-order valence-electron chi connectivity index (χ4n) is 1.88. The van der Waals surface area contributed by atoms with Gasteiger partial charge in [0.25, 0.3) is 5.24 Å². The van der Waals surface area contributed by atoms with Gasteiger partial charge in [-0.2, -0.15) is 5.10 Å². The Bertz CT molecular complexity index is 489. The lowest BCUT2D eigenvalue weighted by Crippen LogP contribution is -2.25. The number of carbonyl (C=O) groups is 1. The summed E-state index contributed by atoms with van der Waals surface area (Å²) in [5.74, 6) is 0.861. The number of fused-ring (bicyclic) bond motifs is 1. The number of rotatable bonds is 1. The maximum atomic E-state index is 11.2. The highest BCUT2D eigenvalue weighted by atomic mass is 32.2. The van der Waals surface area contributed by atoms with E-state index >= 15 is 0 Å². The number of para-hydroxylation sites is 1. The summed E-state index contributed by atoms with van der Waals surface area (Å²) >= 11 is 1.19. The summed E-state index contributed by atoms with van der Waals surface area (Å²) in [5.41, 5.74) is 3.69. The molecular weight excluding hydrogens is 226 g/mol. The van der Waals surface area contributed by atoms with Gasteiger partial charge in [-0.1, -0.05) is 30.0 Å². The molecule has 0 saturated carbocycles. The Morgan fingerprint density at radius 1 is 1.38 bits per heavy atom. The molecule has 0 aromatic heterocycles. The van der Waals surface area contributed by atoms with E-state index in [1.807, 2.05) is 12.1 Å². The first-order chi connectivity index (χ1) is 7.75. The van der Waals surface area contributed by atoms with Crippen molar-refractivity contribution < 1.29 is 9.90 Å². The molecule has 0 unspecified atom stereocenters. The van der Waals surface area contributed by atoms with Crippen molar-refractivity contribution in [2.75, 3.05) is 0 Å². The number of benzene rings is 1. The van der Waals surface area contributed by atoms with Crippen molar-refractivity contribution in [1.82, 2.24) is 10.7 Å². The fraction of sp³-hybridized carbons (Fsp3) is 0.200. The predicted octanol–water partition coefficient (Wildman–Crippen LogP) is 1.18. The number of hydrogen-bond donors (Lipinski definition) is 3. The van der Waals surface area contributed by atoms with Crippen LogP contribution in [0.1, 0.15) is 11.6 Å². The molecule has 3 rings (SSSR count). The van der Waals surface area contributed by atoms with Crippen molar-refractivity contribution in [2.45, 2.75) is 11.3 Å². The van der Waals surface area contributed by atoms with Crippen LogP contribution in [0.5, 0.6) is 5.75 Å². The number of amidine groups is 1. The zero-order valence-electron chi connectivity index (χ0n) is 8.18. The number of hydrogen-bond acceptors (Lipinski definition) is 5. The quantitative estimate of drug-likeness (QED) is 0.683. The molecule has 2 heterocycles. The Kier molecular flexibility index (Phi) is 2.03. The Hall–Kier alpha value is -1.69. The van der Waals surface area contributed by atoms with Crippen molar-refractivity contribution in [3.8, 4) is 5.75 Å². The molecule has 1 saturated heterocycles. The maximum Gasteiger partial charge on any atom is 0.285 e. The molecule has 1 aromatic rings. The van der Waals surface area contributed by atoms with Gasteiger partial charge >= 0.3 is 0 Å². The molecule has 1 fully saturated rings. The standard InChI is InChI=1S/C10H9N3O2S/c14-6-4-2-1-3-5(6)7-8-9(13-12-7)11-10(15)16-8/h1-4,7-8,12,14H,(H,11,13,15)/t7-,8+/m1/s1. The molecule has 0 radical (unpaired) electrons. The smallest absolute Gasteiger partial charge is 0.285 e. The summed E-state index contributed by atoms with van der Waals surface area (Å²) in [5, 5.41) is 16.3. The number of carbonyl (C=O) groups excluding carboxylic acids is 1. The van der Waals surface area contributed by atoms with Gasteiger partial charge in [0.05, 0.1) is 11.3 Å². The van der Waals surface area contributed by atoms with Gasteiger partial charge in [-0.3, -0.25) is 10.2 Å². The van der Waals surface area contributed by atoms with Crippen LogP contribution in [0.3, 0.4) is 0 Å². The minimum Gasteiger partial charge on any atom is -0.508 e. The van der Waals surface area contributed by atoms with Crippen LogP contribution < -0.4 is 10.7 Å². The molecule has 16 heavy (non-hydrogen) atoms. The summed E-state index contributed by atoms with van der Waals surface area (Å²) < 4.78 is 0. The average molecular weight is 235 g/mol. The molecule has 1 aromatic carbocycles. The number of phenolic OH excluding ortho intramolecular Hbond substituents is 1. The van der Waals surface area contributed by atoms with Crippen molar-refractivity contribution in [3.05, 3.63) is 29.8 Å². The summed E-state index contributed by atoms with van der Waals surface area (Å²) in [7, 11) is 0. The molecule has 6 heteroatoms. The second-order valence-electron chi connectivity index (χ2n) is 3.61. The van der Waals surface area contributed by atoms with Gasteiger partial charge in [0.1, 0.15) is 11.6 Å². The molecule has 5 nitrogen and oxygen atoms in total. The Morgan fingerprint density at radius 2 is 2.19 bits per heavy atom. The summed E-state index contributed by atoms with van der Waals surface area (Å²) in [6, 6.07) is 6.92. The van der Waals surface area contributed by atoms with E-state index in [9.17, 15) is 9.90 Å². The first-order valence-corrected chi connectivity index (χ1v) is 5.72. The third kappa shape index (κ3) is 1.34. The van der Waals surface area contributed by atoms with E-state index in [4.69, 9.17) is 0 Å². The highest BCUT2D eigenvalue weighted by Crippen LogP contribution is 2.37. The minimum absolute atomic E-state index is 0.0687. The minimum atomic E-state index is -0.153. The second kappa shape index (κ2) is 3.41. The SMILES string of the molecule is O=C1NC2=NN[C@H](c3ccccc3O)[C@@H]2S1. The van der Waals surface area contributed by atoms with E-state index in [0.717, 1.165) is 5.56 Å². The lowest BCUT2D eigenvalue weighted by atomic mass is 10.0. The number of nitrogens with zero attached hydrogens (tertiary/aromatic N) is 1. The van der Waals surface area contributed by atoms with Gasteiger partial charge in [-0.25, -0.2) is 0 Å². The highest BCUT2D eigenvalue weighted by Gasteiger charge is 2.41. The summed E-state index contributed by atoms with van der Waals surface area (Å²) in [6.45, 7) is 0. The molecule has 2 atom stereocenters. The molecule has 82 valence electrons. The molecule has 2 aliphatic rings. The van der Waals surface area contributed by atoms with E-state index in [2.05, 4.69) is 15.8 Å². The number of hydrazone groups is 1. The second-order valence-corrected chi connectivity index (χ2v) is 4.73. The normalized spacial score (nSPS) is 27.0. The van der Waals surface area contributed by atoms with Crippen LogP contribution in [0.15, 0.2) is 29.4 Å². The summed E-state index contributed by atoms with van der Waals surface area (Å²) in [6.07, 6.45) is 0. The summed E-state index contributed by atoms with van der Waals surface area (Å²) in [4.78, 5) is 11.2. The third-order valence-electron chi connectivity index (χ3n) is 2.63. The molecule has 1 amide bonds. The molecular formula is C10H9N3O2S. The van der Waals surface area contributed by atoms with Crippen LogP contribution in [0.25, 0.3) is 0 Å². The van der Waals surface area contributed by atoms with Gasteiger partial charge in [0.2, 0.25) is 0 Å². The number of nitrogens with one attached hydrogen (secondary N) is 2. The van der Waals surface area contributed by atoms with Gasteiger partial charge in [0.15, 0.2) is 0 Å². The average Bonchev–Trinajstić information content (AvgIpc) is 2.78. The predicted molar refractivity (Wildman–Crippen MR) is 61.3 cm³/mol. The fourth-order valence-corrected chi connectivity index (χ4v) is 2.84. The first kappa shape index (κ1) is 9.53. The zero-order valence-corrected chi connectivity index (χ0v) is 8.99. The number of amides is 1. The maximum absolute atomic E-state index is 11.2. The lowest BCUT2D eigenvalue weighted by molar-refractivity contribution is 0.265. The van der Waals surface area contributed by atoms with E-state index < -0.39 is 0 Å². The van der Waals surface area contributed by atoms with Gasteiger partial charge < -0.3 is 10.4 Å². The van der Waals surface area contributed by atoms with Crippen LogP contribution >= 0.6 is 11.8 Å². The van der Waals surface area contributed by atoms with Crippen LogP contribution in [0.2, 0.25) is 0 Å². The monoisotopic (exact) mass is 235 g/mol. The van der Waals surface area contributed by atoms with Crippen LogP contribution in [-0.4, -0.2) is 21.4 Å². The van der Waals surface area contributed by atoms with E-state index in [1.165, 1.54) is 11.8 Å². The topological polar surface area (TPSA) is 73.7 Å². The molecule has 2 aliphatic heterocycles. The lowest BCUT2D eigenvalue weighted by Gasteiger charge is -2.16.